The molecule has 5 rings (SSSR count). The van der Waals surface area contributed by atoms with Crippen LogP contribution < -0.4 is 9.47 Å². The Morgan fingerprint density at radius 1 is 1.00 bits per heavy atom. The number of halogens is 3. The van der Waals surface area contributed by atoms with Crippen molar-refractivity contribution in [3.05, 3.63) is 66.2 Å². The van der Waals surface area contributed by atoms with E-state index >= 15 is 0 Å². The van der Waals surface area contributed by atoms with Crippen LogP contribution in [0.5, 0.6) is 11.5 Å². The fourth-order valence-electron chi connectivity index (χ4n) is 3.92. The number of carbonyl (C=O) groups is 2. The van der Waals surface area contributed by atoms with Gasteiger partial charge in [0.25, 0.3) is 5.91 Å². The Kier molecular flexibility index (Phi) is 6.94. The number of carboxylic acid groups (broad SMARTS) is 1. The summed E-state index contributed by atoms with van der Waals surface area (Å²) in [6, 6.07) is 13.7. The monoisotopic (exact) mass is 489 g/mol. The number of amides is 1. The maximum absolute atomic E-state index is 12.9. The second-order valence-corrected chi connectivity index (χ2v) is 7.99. The number of piperidine rings is 1. The average molecular weight is 489 g/mol. The summed E-state index contributed by atoms with van der Waals surface area (Å²) < 4.78 is 42.5. The fraction of sp³-hybridized carbons (Fsp3) is 0.292. The number of imidazole rings is 1. The standard InChI is InChI=1S/C22H21N3O3.C2HF3O2/c26-22(25-11-7-16(8-12-25)21-23-9-10-24-21)17-3-1-15(2-4-17)18-5-6-19-20(13-18)28-14-27-19;3-2(4,5)1(6)7/h1-6,9-10,13,16H,7-8,11-12,14H2,(H,23,24);(H,6,7). The van der Waals surface area contributed by atoms with E-state index < -0.39 is 12.1 Å². The van der Waals surface area contributed by atoms with Crippen LogP contribution in [0, 0.1) is 0 Å². The minimum Gasteiger partial charge on any atom is -0.475 e. The number of benzene rings is 2. The zero-order valence-electron chi connectivity index (χ0n) is 18.4. The number of hydrogen-bond acceptors (Lipinski definition) is 5. The fourth-order valence-corrected chi connectivity index (χ4v) is 3.92. The van der Waals surface area contributed by atoms with E-state index in [9.17, 15) is 18.0 Å². The van der Waals surface area contributed by atoms with Crippen molar-refractivity contribution in [1.82, 2.24) is 14.9 Å². The van der Waals surface area contributed by atoms with Gasteiger partial charge >= 0.3 is 12.1 Å². The van der Waals surface area contributed by atoms with Gasteiger partial charge in [0, 0.05) is 37.0 Å². The van der Waals surface area contributed by atoms with Crippen molar-refractivity contribution in [2.24, 2.45) is 0 Å². The molecule has 11 heteroatoms. The Hall–Kier alpha value is -4.02. The molecule has 0 saturated carbocycles. The van der Waals surface area contributed by atoms with Crippen molar-refractivity contribution in [3.8, 4) is 22.6 Å². The number of rotatable bonds is 3. The van der Waals surface area contributed by atoms with Gasteiger partial charge in [-0.05, 0) is 48.2 Å². The molecule has 2 aliphatic rings. The summed E-state index contributed by atoms with van der Waals surface area (Å²) >= 11 is 0. The third kappa shape index (κ3) is 5.73. The first-order valence-corrected chi connectivity index (χ1v) is 10.8. The van der Waals surface area contributed by atoms with Gasteiger partial charge in [-0.2, -0.15) is 13.2 Å². The number of carboxylic acids is 1. The van der Waals surface area contributed by atoms with Gasteiger partial charge in [0.05, 0.1) is 0 Å². The number of H-pyrrole nitrogens is 1. The number of alkyl halides is 3. The van der Waals surface area contributed by atoms with Crippen LogP contribution in [-0.2, 0) is 4.79 Å². The van der Waals surface area contributed by atoms with E-state index in [1.807, 2.05) is 53.6 Å². The van der Waals surface area contributed by atoms with Crippen molar-refractivity contribution in [3.63, 3.8) is 0 Å². The van der Waals surface area contributed by atoms with Crippen molar-refractivity contribution in [2.45, 2.75) is 24.9 Å². The molecule has 0 bridgehead atoms. The summed E-state index contributed by atoms with van der Waals surface area (Å²) in [5.74, 6) is 0.306. The minimum absolute atomic E-state index is 0.0927. The molecule has 184 valence electrons. The first kappa shape index (κ1) is 24.1. The van der Waals surface area contributed by atoms with E-state index in [1.54, 1.807) is 6.20 Å². The Labute approximate surface area is 198 Å². The third-order valence-electron chi connectivity index (χ3n) is 5.77. The zero-order valence-corrected chi connectivity index (χ0v) is 18.4. The number of aromatic nitrogens is 2. The Morgan fingerprint density at radius 3 is 2.23 bits per heavy atom. The molecule has 1 amide bonds. The van der Waals surface area contributed by atoms with Gasteiger partial charge in [0.15, 0.2) is 11.5 Å². The molecule has 1 fully saturated rings. The highest BCUT2D eigenvalue weighted by Crippen LogP contribution is 2.36. The second-order valence-electron chi connectivity index (χ2n) is 7.99. The molecule has 0 spiro atoms. The molecule has 2 aromatic carbocycles. The van der Waals surface area contributed by atoms with Crippen LogP contribution in [0.4, 0.5) is 13.2 Å². The van der Waals surface area contributed by atoms with Gasteiger partial charge in [0.1, 0.15) is 5.82 Å². The second kappa shape index (κ2) is 10.1. The van der Waals surface area contributed by atoms with Gasteiger partial charge in [-0.3, -0.25) is 4.79 Å². The number of aliphatic carboxylic acids is 1. The van der Waals surface area contributed by atoms with E-state index in [0.29, 0.717) is 5.92 Å². The topological polar surface area (TPSA) is 105 Å². The number of fused-ring (bicyclic) bond motifs is 1. The maximum atomic E-state index is 12.9. The number of likely N-dealkylation sites (tertiary alicyclic amines) is 1. The first-order valence-electron chi connectivity index (χ1n) is 10.8. The lowest BCUT2D eigenvalue weighted by atomic mass is 9.95. The molecule has 0 radical (unpaired) electrons. The highest BCUT2D eigenvalue weighted by molar-refractivity contribution is 5.94. The van der Waals surface area contributed by atoms with Crippen molar-refractivity contribution >= 4 is 11.9 Å². The van der Waals surface area contributed by atoms with Gasteiger partial charge in [-0.25, -0.2) is 9.78 Å². The summed E-state index contributed by atoms with van der Waals surface area (Å²) in [6.45, 7) is 1.78. The Balaban J connectivity index is 0.000000364. The van der Waals surface area contributed by atoms with Crippen LogP contribution in [0.2, 0.25) is 0 Å². The highest BCUT2D eigenvalue weighted by Gasteiger charge is 2.38. The number of hydrogen-bond donors (Lipinski definition) is 2. The number of carbonyl (C=O) groups excluding carboxylic acids is 1. The van der Waals surface area contributed by atoms with Gasteiger partial charge in [-0.15, -0.1) is 0 Å². The third-order valence-corrected chi connectivity index (χ3v) is 5.77. The molecule has 0 atom stereocenters. The molecule has 3 heterocycles. The summed E-state index contributed by atoms with van der Waals surface area (Å²) in [7, 11) is 0. The van der Waals surface area contributed by atoms with Gasteiger partial charge in [0.2, 0.25) is 6.79 Å². The quantitative estimate of drug-likeness (QED) is 0.563. The summed E-state index contributed by atoms with van der Waals surface area (Å²) in [4.78, 5) is 31.2. The first-order chi connectivity index (χ1) is 16.7. The van der Waals surface area contributed by atoms with Gasteiger partial charge < -0.3 is 24.5 Å². The van der Waals surface area contributed by atoms with E-state index in [1.165, 1.54) is 0 Å². The molecular weight excluding hydrogens is 467 g/mol. The molecular formula is C24H22F3N3O5. The van der Waals surface area contributed by atoms with E-state index in [-0.39, 0.29) is 12.7 Å². The van der Waals surface area contributed by atoms with Crippen LogP contribution in [0.25, 0.3) is 11.1 Å². The van der Waals surface area contributed by atoms with Crippen molar-refractivity contribution in [1.29, 1.82) is 0 Å². The van der Waals surface area contributed by atoms with Crippen LogP contribution in [0.3, 0.4) is 0 Å². The molecule has 0 unspecified atom stereocenters. The van der Waals surface area contributed by atoms with E-state index in [2.05, 4.69) is 9.97 Å². The summed E-state index contributed by atoms with van der Waals surface area (Å²) in [6.07, 6.45) is 0.437. The molecule has 8 nitrogen and oxygen atoms in total. The highest BCUT2D eigenvalue weighted by atomic mass is 19.4. The van der Waals surface area contributed by atoms with E-state index in [0.717, 1.165) is 59.9 Å². The average Bonchev–Trinajstić information content (AvgIpc) is 3.55. The molecule has 1 saturated heterocycles. The van der Waals surface area contributed by atoms with Crippen molar-refractivity contribution in [2.75, 3.05) is 19.9 Å². The predicted octanol–water partition coefficient (Wildman–Crippen LogP) is 4.46. The molecule has 1 aromatic heterocycles. The lowest BCUT2D eigenvalue weighted by Gasteiger charge is -2.31. The number of nitrogens with one attached hydrogen (secondary N) is 1. The summed E-state index contributed by atoms with van der Waals surface area (Å²) in [5.41, 5.74) is 2.81. The van der Waals surface area contributed by atoms with E-state index in [4.69, 9.17) is 19.4 Å². The van der Waals surface area contributed by atoms with Crippen LogP contribution in [-0.4, -0.2) is 57.9 Å². The number of nitrogens with zero attached hydrogens (tertiary/aromatic N) is 2. The molecule has 35 heavy (non-hydrogen) atoms. The Bertz CT molecular complexity index is 1170. The smallest absolute Gasteiger partial charge is 0.475 e. The summed E-state index contributed by atoms with van der Waals surface area (Å²) in [5, 5.41) is 7.12. The largest absolute Gasteiger partial charge is 0.490 e. The minimum atomic E-state index is -5.08. The SMILES string of the molecule is O=C(O)C(F)(F)F.O=C(c1ccc(-c2ccc3c(c2)OCO3)cc1)N1CCC(c2ncc[nH]2)CC1. The number of ether oxygens (including phenoxy) is 2. The van der Waals surface area contributed by atoms with Crippen LogP contribution in [0.15, 0.2) is 54.9 Å². The lowest BCUT2D eigenvalue weighted by molar-refractivity contribution is -0.192. The molecule has 3 aromatic rings. The zero-order chi connectivity index (χ0) is 25.0. The molecule has 2 aliphatic heterocycles. The van der Waals surface area contributed by atoms with Crippen LogP contribution >= 0.6 is 0 Å². The molecule has 2 N–H and O–H groups in total. The predicted molar refractivity (Wildman–Crippen MR) is 118 cm³/mol. The van der Waals surface area contributed by atoms with Crippen LogP contribution in [0.1, 0.15) is 34.9 Å². The Morgan fingerprint density at radius 2 is 1.63 bits per heavy atom. The van der Waals surface area contributed by atoms with Crippen molar-refractivity contribution < 1.29 is 37.3 Å². The maximum Gasteiger partial charge on any atom is 0.490 e. The molecule has 0 aliphatic carbocycles. The van der Waals surface area contributed by atoms with Gasteiger partial charge in [-0.1, -0.05) is 18.2 Å². The number of aromatic amines is 1. The normalized spacial score (nSPS) is 15.3. The lowest BCUT2D eigenvalue weighted by Crippen LogP contribution is -2.38.